The molecule has 0 fully saturated rings. The molecule has 2 unspecified atom stereocenters. The van der Waals surface area contributed by atoms with Crippen LogP contribution in [0.3, 0.4) is 0 Å². The van der Waals surface area contributed by atoms with Crippen molar-refractivity contribution in [3.8, 4) is 0 Å². The summed E-state index contributed by atoms with van der Waals surface area (Å²) in [5, 5.41) is 9.64. The number of halogens is 1. The molecule has 0 radical (unpaired) electrons. The summed E-state index contributed by atoms with van der Waals surface area (Å²) in [5.41, 5.74) is 1.15. The molecule has 2 nitrogen and oxygen atoms in total. The number of aliphatic hydroxyl groups is 1. The van der Waals surface area contributed by atoms with E-state index in [1.165, 1.54) is 6.07 Å². The van der Waals surface area contributed by atoms with E-state index in [0.717, 1.165) is 6.42 Å². The van der Waals surface area contributed by atoms with Crippen molar-refractivity contribution in [3.05, 3.63) is 29.6 Å². The van der Waals surface area contributed by atoms with Gasteiger partial charge in [0, 0.05) is 18.7 Å². The lowest BCUT2D eigenvalue weighted by Gasteiger charge is -2.29. The lowest BCUT2D eigenvalue weighted by atomic mass is 10.1. The first-order valence-corrected chi connectivity index (χ1v) is 5.68. The summed E-state index contributed by atoms with van der Waals surface area (Å²) in [7, 11) is 1.86. The van der Waals surface area contributed by atoms with Gasteiger partial charge in [0.05, 0.1) is 11.8 Å². The van der Waals surface area contributed by atoms with Crippen LogP contribution in [0, 0.1) is 5.82 Å². The van der Waals surface area contributed by atoms with Gasteiger partial charge in [0.25, 0.3) is 0 Å². The maximum atomic E-state index is 13.8. The van der Waals surface area contributed by atoms with Crippen LogP contribution in [-0.4, -0.2) is 18.2 Å². The van der Waals surface area contributed by atoms with Crippen LogP contribution in [0.5, 0.6) is 0 Å². The fraction of sp³-hybridized carbons (Fsp3) is 0.538. The molecule has 0 bridgehead atoms. The number of aliphatic hydroxyl groups excluding tert-OH is 1. The van der Waals surface area contributed by atoms with Crippen LogP contribution in [0.1, 0.15) is 38.9 Å². The minimum Gasteiger partial charge on any atom is -0.389 e. The van der Waals surface area contributed by atoms with Crippen LogP contribution in [-0.2, 0) is 0 Å². The van der Waals surface area contributed by atoms with Gasteiger partial charge in [-0.2, -0.15) is 0 Å². The molecule has 0 heterocycles. The van der Waals surface area contributed by atoms with Crippen molar-refractivity contribution in [2.75, 3.05) is 11.9 Å². The Morgan fingerprint density at radius 2 is 2.00 bits per heavy atom. The standard InChI is InChI=1S/C13H20FNO/c1-5-9(2)15(4)13-11(10(3)16)7-6-8-12(13)14/h6-10,16H,5H2,1-4H3. The maximum absolute atomic E-state index is 13.8. The molecule has 0 aliphatic carbocycles. The zero-order valence-electron chi connectivity index (χ0n) is 10.4. The molecular weight excluding hydrogens is 205 g/mol. The molecule has 16 heavy (non-hydrogen) atoms. The minimum atomic E-state index is -0.655. The van der Waals surface area contributed by atoms with Crippen molar-refractivity contribution in [2.24, 2.45) is 0 Å². The molecule has 90 valence electrons. The Hall–Kier alpha value is -1.09. The molecule has 3 heteroatoms. The van der Waals surface area contributed by atoms with Crippen molar-refractivity contribution in [3.63, 3.8) is 0 Å². The van der Waals surface area contributed by atoms with Gasteiger partial charge in [-0.25, -0.2) is 4.39 Å². The predicted octanol–water partition coefficient (Wildman–Crippen LogP) is 3.11. The average molecular weight is 225 g/mol. The Bertz CT molecular complexity index is 352. The van der Waals surface area contributed by atoms with Crippen LogP contribution >= 0.6 is 0 Å². The van der Waals surface area contributed by atoms with Gasteiger partial charge in [-0.1, -0.05) is 19.1 Å². The Morgan fingerprint density at radius 3 is 2.50 bits per heavy atom. The lowest BCUT2D eigenvalue weighted by molar-refractivity contribution is 0.199. The molecule has 0 aliphatic rings. The second-order valence-electron chi connectivity index (χ2n) is 4.22. The van der Waals surface area contributed by atoms with E-state index in [1.54, 1.807) is 19.1 Å². The summed E-state index contributed by atoms with van der Waals surface area (Å²) >= 11 is 0. The zero-order chi connectivity index (χ0) is 12.3. The topological polar surface area (TPSA) is 23.5 Å². The van der Waals surface area contributed by atoms with Crippen molar-refractivity contribution in [1.82, 2.24) is 0 Å². The molecule has 0 saturated heterocycles. The van der Waals surface area contributed by atoms with Crippen LogP contribution in [0.2, 0.25) is 0 Å². The van der Waals surface area contributed by atoms with Gasteiger partial charge in [-0.3, -0.25) is 0 Å². The third-order valence-corrected chi connectivity index (χ3v) is 3.07. The minimum absolute atomic E-state index is 0.245. The molecule has 0 spiro atoms. The monoisotopic (exact) mass is 225 g/mol. The lowest BCUT2D eigenvalue weighted by Crippen LogP contribution is -2.30. The average Bonchev–Trinajstić information content (AvgIpc) is 2.26. The van der Waals surface area contributed by atoms with Gasteiger partial charge < -0.3 is 10.0 Å². The van der Waals surface area contributed by atoms with Crippen molar-refractivity contribution < 1.29 is 9.50 Å². The zero-order valence-corrected chi connectivity index (χ0v) is 10.4. The van der Waals surface area contributed by atoms with Crippen LogP contribution in [0.4, 0.5) is 10.1 Å². The van der Waals surface area contributed by atoms with Gasteiger partial charge in [0.15, 0.2) is 0 Å². The molecule has 0 amide bonds. The van der Waals surface area contributed by atoms with Crippen LogP contribution < -0.4 is 4.90 Å². The maximum Gasteiger partial charge on any atom is 0.146 e. The molecule has 1 aromatic rings. The van der Waals surface area contributed by atoms with Crippen LogP contribution in [0.25, 0.3) is 0 Å². The second-order valence-corrected chi connectivity index (χ2v) is 4.22. The quantitative estimate of drug-likeness (QED) is 0.851. The van der Waals surface area contributed by atoms with Crippen LogP contribution in [0.15, 0.2) is 18.2 Å². The fourth-order valence-corrected chi connectivity index (χ4v) is 1.74. The molecule has 1 rings (SSSR count). The summed E-state index contributed by atoms with van der Waals surface area (Å²) in [4.78, 5) is 1.89. The van der Waals surface area contributed by atoms with Gasteiger partial charge >= 0.3 is 0 Å². The molecular formula is C13H20FNO. The normalized spacial score (nSPS) is 14.6. The van der Waals surface area contributed by atoms with Crippen molar-refractivity contribution in [2.45, 2.75) is 39.3 Å². The number of hydrogen-bond donors (Lipinski definition) is 1. The smallest absolute Gasteiger partial charge is 0.146 e. The summed E-state index contributed by atoms with van der Waals surface area (Å²) in [6.07, 6.45) is 0.279. The summed E-state index contributed by atoms with van der Waals surface area (Å²) < 4.78 is 13.8. The van der Waals surface area contributed by atoms with E-state index in [2.05, 4.69) is 6.92 Å². The highest BCUT2D eigenvalue weighted by Crippen LogP contribution is 2.30. The van der Waals surface area contributed by atoms with E-state index >= 15 is 0 Å². The second kappa shape index (κ2) is 5.30. The number of anilines is 1. The largest absolute Gasteiger partial charge is 0.389 e. The predicted molar refractivity (Wildman–Crippen MR) is 65.2 cm³/mol. The van der Waals surface area contributed by atoms with E-state index in [1.807, 2.05) is 18.9 Å². The van der Waals surface area contributed by atoms with Crippen molar-refractivity contribution in [1.29, 1.82) is 0 Å². The highest BCUT2D eigenvalue weighted by molar-refractivity contribution is 5.55. The number of hydrogen-bond acceptors (Lipinski definition) is 2. The van der Waals surface area contributed by atoms with Gasteiger partial charge in [-0.05, 0) is 26.3 Å². The molecule has 1 N–H and O–H groups in total. The van der Waals surface area contributed by atoms with E-state index in [4.69, 9.17) is 0 Å². The first kappa shape index (κ1) is 13.0. The number of nitrogens with zero attached hydrogens (tertiary/aromatic N) is 1. The highest BCUT2D eigenvalue weighted by atomic mass is 19.1. The van der Waals surface area contributed by atoms with Gasteiger partial charge in [0.1, 0.15) is 5.82 Å². The van der Waals surface area contributed by atoms with E-state index in [9.17, 15) is 9.50 Å². The Kier molecular flexibility index (Phi) is 4.30. The SMILES string of the molecule is CCC(C)N(C)c1c(F)cccc1C(C)O. The fourth-order valence-electron chi connectivity index (χ4n) is 1.74. The Balaban J connectivity index is 3.19. The molecule has 0 saturated carbocycles. The van der Waals surface area contributed by atoms with Crippen molar-refractivity contribution >= 4 is 5.69 Å². The van der Waals surface area contributed by atoms with Gasteiger partial charge in [0.2, 0.25) is 0 Å². The first-order chi connectivity index (χ1) is 7.49. The third-order valence-electron chi connectivity index (χ3n) is 3.07. The molecule has 0 aliphatic heterocycles. The van der Waals surface area contributed by atoms with Gasteiger partial charge in [-0.15, -0.1) is 0 Å². The Labute approximate surface area is 96.7 Å². The summed E-state index contributed by atoms with van der Waals surface area (Å²) in [5.74, 6) is -0.277. The third kappa shape index (κ3) is 2.53. The Morgan fingerprint density at radius 1 is 1.38 bits per heavy atom. The molecule has 0 aromatic heterocycles. The van der Waals surface area contributed by atoms with E-state index < -0.39 is 6.10 Å². The summed E-state index contributed by atoms with van der Waals surface area (Å²) in [6.45, 7) is 5.76. The number of benzene rings is 1. The number of para-hydroxylation sites is 1. The first-order valence-electron chi connectivity index (χ1n) is 5.68. The number of rotatable bonds is 4. The molecule has 2 atom stereocenters. The van der Waals surface area contributed by atoms with E-state index in [-0.39, 0.29) is 11.9 Å². The molecule has 1 aromatic carbocycles. The highest BCUT2D eigenvalue weighted by Gasteiger charge is 2.18. The summed E-state index contributed by atoms with van der Waals surface area (Å²) in [6, 6.07) is 5.07. The van der Waals surface area contributed by atoms with E-state index in [0.29, 0.717) is 11.3 Å².